The smallest absolute Gasteiger partial charge is 0.306 e. The number of anilines is 1. The Morgan fingerprint density at radius 1 is 1.15 bits per heavy atom. The van der Waals surface area contributed by atoms with Crippen molar-refractivity contribution in [2.45, 2.75) is 57.1 Å². The van der Waals surface area contributed by atoms with Crippen molar-refractivity contribution in [1.29, 1.82) is 0 Å². The summed E-state index contributed by atoms with van der Waals surface area (Å²) in [5, 5.41) is 14.3. The first-order valence-corrected chi connectivity index (χ1v) is 14.8. The van der Waals surface area contributed by atoms with Gasteiger partial charge in [0.25, 0.3) is 5.91 Å². The predicted octanol–water partition coefficient (Wildman–Crippen LogP) is 5.51. The summed E-state index contributed by atoms with van der Waals surface area (Å²) in [6.07, 6.45) is 4.29. The van der Waals surface area contributed by atoms with Crippen LogP contribution in [0.5, 0.6) is 0 Å². The van der Waals surface area contributed by atoms with Gasteiger partial charge in [-0.05, 0) is 73.8 Å². The zero-order valence-electron chi connectivity index (χ0n) is 22.3. The summed E-state index contributed by atoms with van der Waals surface area (Å²) in [7, 11) is 0. The lowest BCUT2D eigenvalue weighted by molar-refractivity contribution is -0.186. The van der Waals surface area contributed by atoms with Crippen LogP contribution in [0, 0.1) is 11.7 Å². The fourth-order valence-electron chi connectivity index (χ4n) is 5.34. The number of carboxylic acids is 1. The molecule has 1 saturated heterocycles. The van der Waals surface area contributed by atoms with E-state index in [9.17, 15) is 18.8 Å². The summed E-state index contributed by atoms with van der Waals surface area (Å²) >= 11 is 7.54. The lowest BCUT2D eigenvalue weighted by Crippen LogP contribution is -2.37. The number of ether oxygens (including phenoxy) is 1. The first-order valence-electron chi connectivity index (χ1n) is 13.7. The van der Waals surface area contributed by atoms with Crippen LogP contribution >= 0.6 is 23.1 Å². The lowest BCUT2D eigenvalue weighted by atomic mass is 9.87. The number of carbonyl (C=O) groups is 3. The monoisotopic (exact) mass is 603 g/mol. The summed E-state index contributed by atoms with van der Waals surface area (Å²) in [6, 6.07) is 9.77. The number of aromatic nitrogens is 1. The Bertz CT molecular complexity index is 1430. The van der Waals surface area contributed by atoms with Crippen LogP contribution < -0.4 is 5.32 Å². The summed E-state index contributed by atoms with van der Waals surface area (Å²) < 4.78 is 26.0. The average Bonchev–Trinajstić information content (AvgIpc) is 3.60. The highest BCUT2D eigenvalue weighted by Crippen LogP contribution is 2.30. The molecule has 0 radical (unpaired) electrons. The number of hydroxylamine groups is 2. The van der Waals surface area contributed by atoms with Gasteiger partial charge in [0.2, 0.25) is 0 Å². The number of nitrogens with one attached hydrogen (secondary N) is 1. The predicted molar refractivity (Wildman–Crippen MR) is 153 cm³/mol. The molecule has 0 bridgehead atoms. The SMILES string of the molecule is O=C(CON1CCC[C@H]1CO[C@H]1CC[C@H](C(=O)O)CC1)Cc1cc(Cl)c(NC(=O)c2nsc3ccccc23)cc1F. The topological polar surface area (TPSA) is 118 Å². The molecule has 2 aliphatic rings. The van der Waals surface area contributed by atoms with Gasteiger partial charge in [0.05, 0.1) is 40.1 Å². The summed E-state index contributed by atoms with van der Waals surface area (Å²) in [5.41, 5.74) is 0.434. The zero-order chi connectivity index (χ0) is 28.9. The van der Waals surface area contributed by atoms with E-state index in [1.165, 1.54) is 17.6 Å². The third kappa shape index (κ3) is 7.28. The highest BCUT2D eigenvalue weighted by atomic mass is 35.5. The fourth-order valence-corrected chi connectivity index (χ4v) is 6.35. The van der Waals surface area contributed by atoms with Gasteiger partial charge in [-0.3, -0.25) is 19.2 Å². The molecule has 5 rings (SSSR count). The molecular weight excluding hydrogens is 573 g/mol. The molecule has 2 N–H and O–H groups in total. The van der Waals surface area contributed by atoms with Gasteiger partial charge in [-0.1, -0.05) is 29.8 Å². The van der Waals surface area contributed by atoms with Crippen LogP contribution in [0.3, 0.4) is 0 Å². The van der Waals surface area contributed by atoms with E-state index in [1.54, 1.807) is 11.1 Å². The Morgan fingerprint density at radius 3 is 2.71 bits per heavy atom. The van der Waals surface area contributed by atoms with Gasteiger partial charge in [0.15, 0.2) is 5.78 Å². The van der Waals surface area contributed by atoms with Gasteiger partial charge in [-0.15, -0.1) is 0 Å². The fraction of sp³-hybridized carbons (Fsp3) is 0.448. The Labute approximate surface area is 245 Å². The van der Waals surface area contributed by atoms with Gasteiger partial charge < -0.3 is 15.2 Å². The van der Waals surface area contributed by atoms with E-state index in [1.807, 2.05) is 18.2 Å². The number of aliphatic carboxylic acids is 1. The second-order valence-corrected chi connectivity index (χ2v) is 11.7. The Kier molecular flexibility index (Phi) is 9.61. The minimum absolute atomic E-state index is 0.00362. The third-order valence-corrected chi connectivity index (χ3v) is 8.77. The molecule has 0 spiro atoms. The number of carboxylic acid groups (broad SMARTS) is 1. The summed E-state index contributed by atoms with van der Waals surface area (Å²) in [6.45, 7) is 0.896. The van der Waals surface area contributed by atoms with Crippen LogP contribution in [0.25, 0.3) is 10.1 Å². The third-order valence-electron chi connectivity index (χ3n) is 7.63. The van der Waals surface area contributed by atoms with E-state index in [0.29, 0.717) is 31.4 Å². The van der Waals surface area contributed by atoms with Crippen molar-refractivity contribution < 1.29 is 33.5 Å². The highest BCUT2D eigenvalue weighted by Gasteiger charge is 2.30. The van der Waals surface area contributed by atoms with E-state index >= 15 is 0 Å². The number of rotatable bonds is 11. The largest absolute Gasteiger partial charge is 0.481 e. The molecule has 2 heterocycles. The molecule has 41 heavy (non-hydrogen) atoms. The normalized spacial score (nSPS) is 21.3. The van der Waals surface area contributed by atoms with Crippen molar-refractivity contribution in [1.82, 2.24) is 9.44 Å². The molecular formula is C29H31ClFN3O6S. The number of benzene rings is 2. The lowest BCUT2D eigenvalue weighted by Gasteiger charge is -2.29. The van der Waals surface area contributed by atoms with E-state index in [-0.39, 0.29) is 58.8 Å². The van der Waals surface area contributed by atoms with Crippen molar-refractivity contribution in [3.05, 3.63) is 58.5 Å². The highest BCUT2D eigenvalue weighted by molar-refractivity contribution is 7.13. The van der Waals surface area contributed by atoms with E-state index in [2.05, 4.69) is 9.69 Å². The van der Waals surface area contributed by atoms with Crippen LogP contribution in [0.15, 0.2) is 36.4 Å². The maximum Gasteiger partial charge on any atom is 0.306 e. The molecule has 2 aromatic carbocycles. The molecule has 3 aromatic rings. The Hall–Kier alpha value is -2.96. The second kappa shape index (κ2) is 13.3. The molecule has 1 aliphatic heterocycles. The van der Waals surface area contributed by atoms with Gasteiger partial charge in [-0.25, -0.2) is 4.39 Å². The van der Waals surface area contributed by atoms with Crippen LogP contribution in [0.2, 0.25) is 5.02 Å². The van der Waals surface area contributed by atoms with Gasteiger partial charge >= 0.3 is 5.97 Å². The standard InChI is InChI=1S/C29H31ClFN3O6S/c30-23-13-18(24(31)14-25(23)32-28(36)27-22-5-1-2-6-26(22)41-33-27)12-20(35)16-40-34-11-3-4-19(34)15-39-21-9-7-17(8-10-21)29(37)38/h1-2,5-6,13-14,17,19,21H,3-4,7-12,15-16H2,(H,32,36)(H,37,38)/t17-,19-,21-/m0/s1. The maximum atomic E-state index is 14.9. The molecule has 218 valence electrons. The van der Waals surface area contributed by atoms with Gasteiger partial charge in [0.1, 0.15) is 18.1 Å². The van der Waals surface area contributed by atoms with Crippen molar-refractivity contribution in [2.24, 2.45) is 5.92 Å². The number of hydrogen-bond donors (Lipinski definition) is 2. The van der Waals surface area contributed by atoms with Crippen molar-refractivity contribution in [3.8, 4) is 0 Å². The minimum atomic E-state index is -0.742. The average molecular weight is 604 g/mol. The number of hydrogen-bond acceptors (Lipinski definition) is 8. The first-order chi connectivity index (χ1) is 19.8. The molecule has 1 aromatic heterocycles. The Balaban J connectivity index is 1.10. The van der Waals surface area contributed by atoms with Crippen LogP contribution in [0.1, 0.15) is 54.6 Å². The summed E-state index contributed by atoms with van der Waals surface area (Å²) in [5.74, 6) is -2.51. The number of Topliss-reactive ketones (excluding diaryl/α,β-unsaturated/α-hetero) is 1. The van der Waals surface area contributed by atoms with E-state index < -0.39 is 17.7 Å². The molecule has 9 nitrogen and oxygen atoms in total. The zero-order valence-corrected chi connectivity index (χ0v) is 23.9. The number of ketones is 1. The van der Waals surface area contributed by atoms with Crippen LogP contribution in [-0.2, 0) is 25.6 Å². The van der Waals surface area contributed by atoms with Crippen molar-refractivity contribution in [3.63, 3.8) is 0 Å². The number of carbonyl (C=O) groups excluding carboxylic acids is 2. The van der Waals surface area contributed by atoms with Crippen molar-refractivity contribution in [2.75, 3.05) is 25.1 Å². The first kappa shape index (κ1) is 29.5. The van der Waals surface area contributed by atoms with Crippen LogP contribution in [-0.4, -0.2) is 64.1 Å². The molecule has 2 fully saturated rings. The molecule has 12 heteroatoms. The number of amides is 1. The van der Waals surface area contributed by atoms with Gasteiger partial charge in [-0.2, -0.15) is 9.44 Å². The quantitative estimate of drug-likeness (QED) is 0.295. The molecule has 1 saturated carbocycles. The Morgan fingerprint density at radius 2 is 1.93 bits per heavy atom. The number of halogens is 2. The minimum Gasteiger partial charge on any atom is -0.481 e. The molecule has 0 unspecified atom stereocenters. The van der Waals surface area contributed by atoms with E-state index in [4.69, 9.17) is 26.3 Å². The van der Waals surface area contributed by atoms with Gasteiger partial charge in [0, 0.05) is 18.4 Å². The van der Waals surface area contributed by atoms with Crippen LogP contribution in [0.4, 0.5) is 10.1 Å². The number of nitrogens with zero attached hydrogens (tertiary/aromatic N) is 2. The van der Waals surface area contributed by atoms with Crippen molar-refractivity contribution >= 4 is 56.6 Å². The second-order valence-electron chi connectivity index (χ2n) is 10.5. The number of fused-ring (bicyclic) bond motifs is 1. The molecule has 1 amide bonds. The maximum absolute atomic E-state index is 14.9. The molecule has 1 atom stereocenters. The van der Waals surface area contributed by atoms with E-state index in [0.717, 1.165) is 36.4 Å². The summed E-state index contributed by atoms with van der Waals surface area (Å²) in [4.78, 5) is 42.3. The molecule has 1 aliphatic carbocycles.